The van der Waals surface area contributed by atoms with Gasteiger partial charge in [0.05, 0.1) is 25.6 Å². The minimum Gasteiger partial charge on any atom is -0.465 e. The van der Waals surface area contributed by atoms with Crippen molar-refractivity contribution in [2.75, 3.05) is 13.2 Å². The van der Waals surface area contributed by atoms with Crippen LogP contribution < -0.4 is 0 Å². The number of aliphatic hydroxyl groups excluding tert-OH is 1. The maximum absolute atomic E-state index is 11.5. The van der Waals surface area contributed by atoms with E-state index in [1.54, 1.807) is 0 Å². The first-order chi connectivity index (χ1) is 7.81. The van der Waals surface area contributed by atoms with Crippen LogP contribution in [-0.2, 0) is 19.1 Å². The number of carbonyl (C=O) groups excluding carboxylic acids is 2. The summed E-state index contributed by atoms with van der Waals surface area (Å²) in [5.74, 6) is -1.28. The third-order valence-corrected chi connectivity index (χ3v) is 2.45. The largest absolute Gasteiger partial charge is 0.465 e. The molecule has 5 nitrogen and oxygen atoms in total. The molecule has 0 aromatic carbocycles. The Morgan fingerprint density at radius 1 is 1.53 bits per heavy atom. The van der Waals surface area contributed by atoms with Crippen LogP contribution in [0.3, 0.4) is 0 Å². The third-order valence-electron chi connectivity index (χ3n) is 2.45. The number of aliphatic hydroxyl groups is 1. The minimum atomic E-state index is -0.473. The Labute approximate surface area is 101 Å². The highest BCUT2D eigenvalue weighted by atomic mass is 16.6. The summed E-state index contributed by atoms with van der Waals surface area (Å²) in [6.45, 7) is 6.03. The standard InChI is InChI=1S/C12H20O5/c1-12(2,3)7-16-10(14)5-8-4-9(6-13)17-11(8)15/h8-9,13H,4-7H2,1-3H3. The predicted octanol–water partition coefficient (Wildman–Crippen LogP) is 0.890. The molecule has 2 unspecified atom stereocenters. The van der Waals surface area contributed by atoms with Crippen LogP contribution in [0.25, 0.3) is 0 Å². The van der Waals surface area contributed by atoms with E-state index < -0.39 is 18.0 Å². The van der Waals surface area contributed by atoms with Gasteiger partial charge in [-0.1, -0.05) is 20.8 Å². The minimum absolute atomic E-state index is 0.0331. The smallest absolute Gasteiger partial charge is 0.310 e. The first kappa shape index (κ1) is 14.0. The van der Waals surface area contributed by atoms with Gasteiger partial charge in [0.1, 0.15) is 6.10 Å². The van der Waals surface area contributed by atoms with Gasteiger partial charge in [0.15, 0.2) is 0 Å². The lowest BCUT2D eigenvalue weighted by Gasteiger charge is -2.18. The Balaban J connectivity index is 2.34. The van der Waals surface area contributed by atoms with Gasteiger partial charge in [-0.05, 0) is 5.41 Å². The van der Waals surface area contributed by atoms with Gasteiger partial charge in [0.25, 0.3) is 0 Å². The topological polar surface area (TPSA) is 72.8 Å². The number of rotatable bonds is 4. The first-order valence-corrected chi connectivity index (χ1v) is 5.79. The van der Waals surface area contributed by atoms with Crippen LogP contribution in [0, 0.1) is 11.3 Å². The molecule has 1 fully saturated rings. The van der Waals surface area contributed by atoms with E-state index in [4.69, 9.17) is 14.6 Å². The molecular formula is C12H20O5. The van der Waals surface area contributed by atoms with Crippen molar-refractivity contribution in [2.45, 2.75) is 39.7 Å². The lowest BCUT2D eigenvalue weighted by atomic mass is 9.98. The maximum atomic E-state index is 11.5. The molecule has 0 aromatic rings. The van der Waals surface area contributed by atoms with Crippen LogP contribution >= 0.6 is 0 Å². The summed E-state index contributed by atoms with van der Waals surface area (Å²) in [6, 6.07) is 0. The summed E-state index contributed by atoms with van der Waals surface area (Å²) in [7, 11) is 0. The van der Waals surface area contributed by atoms with Gasteiger partial charge in [-0.15, -0.1) is 0 Å². The zero-order valence-electron chi connectivity index (χ0n) is 10.6. The highest BCUT2D eigenvalue weighted by Crippen LogP contribution is 2.24. The Hall–Kier alpha value is -1.10. The van der Waals surface area contributed by atoms with Gasteiger partial charge in [-0.25, -0.2) is 0 Å². The molecule has 0 bridgehead atoms. The van der Waals surface area contributed by atoms with E-state index in [1.165, 1.54) is 0 Å². The fourth-order valence-electron chi connectivity index (χ4n) is 1.56. The molecule has 1 saturated heterocycles. The SMILES string of the molecule is CC(C)(C)COC(=O)CC1CC(CO)OC1=O. The van der Waals surface area contributed by atoms with E-state index in [9.17, 15) is 9.59 Å². The van der Waals surface area contributed by atoms with Gasteiger partial charge < -0.3 is 14.6 Å². The fraction of sp³-hybridized carbons (Fsp3) is 0.833. The molecule has 1 N–H and O–H groups in total. The second-order valence-electron chi connectivity index (χ2n) is 5.60. The van der Waals surface area contributed by atoms with Crippen LogP contribution in [0.15, 0.2) is 0 Å². The normalized spacial score (nSPS) is 24.6. The molecule has 0 spiro atoms. The number of esters is 2. The fourth-order valence-corrected chi connectivity index (χ4v) is 1.56. The van der Waals surface area contributed by atoms with Crippen molar-refractivity contribution in [3.63, 3.8) is 0 Å². The van der Waals surface area contributed by atoms with Crippen molar-refractivity contribution in [1.29, 1.82) is 0 Å². The quantitative estimate of drug-likeness (QED) is 0.743. The highest BCUT2D eigenvalue weighted by Gasteiger charge is 2.35. The van der Waals surface area contributed by atoms with E-state index in [0.29, 0.717) is 13.0 Å². The summed E-state index contributed by atoms with van der Waals surface area (Å²) in [5, 5.41) is 8.85. The molecule has 0 radical (unpaired) electrons. The molecule has 98 valence electrons. The van der Waals surface area contributed by atoms with Crippen LogP contribution in [0.2, 0.25) is 0 Å². The lowest BCUT2D eigenvalue weighted by Crippen LogP contribution is -2.21. The molecule has 1 rings (SSSR count). The Bertz CT molecular complexity index is 292. The molecule has 5 heteroatoms. The summed E-state index contributed by atoms with van der Waals surface area (Å²) >= 11 is 0. The van der Waals surface area contributed by atoms with Crippen LogP contribution in [0.1, 0.15) is 33.6 Å². The summed E-state index contributed by atoms with van der Waals surface area (Å²) in [4.78, 5) is 22.8. The molecule has 1 heterocycles. The lowest BCUT2D eigenvalue weighted by molar-refractivity contribution is -0.153. The molecule has 1 aliphatic heterocycles. The van der Waals surface area contributed by atoms with E-state index >= 15 is 0 Å². The molecule has 0 aliphatic carbocycles. The average molecular weight is 244 g/mol. The molecule has 0 saturated carbocycles. The molecule has 2 atom stereocenters. The zero-order valence-corrected chi connectivity index (χ0v) is 10.6. The number of cyclic esters (lactones) is 1. The van der Waals surface area contributed by atoms with Gasteiger partial charge >= 0.3 is 11.9 Å². The summed E-state index contributed by atoms with van der Waals surface area (Å²) < 4.78 is 9.95. The van der Waals surface area contributed by atoms with Gasteiger partial charge in [-0.3, -0.25) is 9.59 Å². The molecule has 1 aliphatic rings. The van der Waals surface area contributed by atoms with E-state index in [1.807, 2.05) is 20.8 Å². The zero-order chi connectivity index (χ0) is 13.1. The summed E-state index contributed by atoms with van der Waals surface area (Å²) in [6.07, 6.45) is -0.0475. The van der Waals surface area contributed by atoms with Crippen molar-refractivity contribution < 1.29 is 24.2 Å². The van der Waals surface area contributed by atoms with Gasteiger partial charge in [0, 0.05) is 6.42 Å². The van der Waals surface area contributed by atoms with E-state index in [0.717, 1.165) is 0 Å². The number of hydrogen-bond acceptors (Lipinski definition) is 5. The molecular weight excluding hydrogens is 224 g/mol. The van der Waals surface area contributed by atoms with Gasteiger partial charge in [0.2, 0.25) is 0 Å². The second-order valence-corrected chi connectivity index (χ2v) is 5.60. The Morgan fingerprint density at radius 3 is 2.65 bits per heavy atom. The number of hydrogen-bond donors (Lipinski definition) is 1. The van der Waals surface area contributed by atoms with Crippen molar-refractivity contribution in [3.8, 4) is 0 Å². The van der Waals surface area contributed by atoms with Crippen LogP contribution in [0.5, 0.6) is 0 Å². The van der Waals surface area contributed by atoms with Crippen LogP contribution in [0.4, 0.5) is 0 Å². The second kappa shape index (κ2) is 5.49. The highest BCUT2D eigenvalue weighted by molar-refractivity contribution is 5.81. The van der Waals surface area contributed by atoms with Gasteiger partial charge in [-0.2, -0.15) is 0 Å². The summed E-state index contributed by atoms with van der Waals surface area (Å²) in [5.41, 5.74) is -0.0839. The molecule has 0 aromatic heterocycles. The van der Waals surface area contributed by atoms with Crippen LogP contribution in [-0.4, -0.2) is 36.4 Å². The predicted molar refractivity (Wildman–Crippen MR) is 60.1 cm³/mol. The number of ether oxygens (including phenoxy) is 2. The van der Waals surface area contributed by atoms with Crippen molar-refractivity contribution in [2.24, 2.45) is 11.3 Å². The van der Waals surface area contributed by atoms with Crippen molar-refractivity contribution >= 4 is 11.9 Å². The molecule has 17 heavy (non-hydrogen) atoms. The molecule has 0 amide bonds. The third kappa shape index (κ3) is 4.73. The average Bonchev–Trinajstić information content (AvgIpc) is 2.56. The van der Waals surface area contributed by atoms with Crippen molar-refractivity contribution in [1.82, 2.24) is 0 Å². The Kier molecular flexibility index (Phi) is 4.51. The van der Waals surface area contributed by atoms with Crippen molar-refractivity contribution in [3.05, 3.63) is 0 Å². The Morgan fingerprint density at radius 2 is 2.18 bits per heavy atom. The maximum Gasteiger partial charge on any atom is 0.310 e. The number of carbonyl (C=O) groups is 2. The first-order valence-electron chi connectivity index (χ1n) is 5.79. The van der Waals surface area contributed by atoms with E-state index in [2.05, 4.69) is 0 Å². The van der Waals surface area contributed by atoms with E-state index in [-0.39, 0.29) is 24.4 Å². The monoisotopic (exact) mass is 244 g/mol.